The van der Waals surface area contributed by atoms with Crippen molar-refractivity contribution < 1.29 is 4.79 Å². The molecule has 2 rings (SSSR count). The molecule has 4 nitrogen and oxygen atoms in total. The van der Waals surface area contributed by atoms with Gasteiger partial charge in [-0.15, -0.1) is 11.3 Å². The Morgan fingerprint density at radius 1 is 1.52 bits per heavy atom. The van der Waals surface area contributed by atoms with E-state index in [1.807, 2.05) is 12.3 Å². The van der Waals surface area contributed by atoms with Crippen molar-refractivity contribution >= 4 is 23.0 Å². The molecule has 0 spiro atoms. The van der Waals surface area contributed by atoms with Crippen LogP contribution in [0.4, 0.5) is 0 Å². The van der Waals surface area contributed by atoms with Crippen LogP contribution in [0.25, 0.3) is 0 Å². The number of hydrogen-bond acceptors (Lipinski definition) is 4. The fourth-order valence-electron chi connectivity index (χ4n) is 2.92. The molecule has 0 unspecified atom stereocenters. The van der Waals surface area contributed by atoms with Crippen molar-refractivity contribution in [2.75, 3.05) is 0 Å². The van der Waals surface area contributed by atoms with E-state index in [2.05, 4.69) is 36.3 Å². The Morgan fingerprint density at radius 2 is 2.29 bits per heavy atom. The van der Waals surface area contributed by atoms with E-state index < -0.39 is 0 Å². The molecular weight excluding hydrogens is 282 g/mol. The normalized spacial score (nSPS) is 24.5. The van der Waals surface area contributed by atoms with E-state index in [-0.39, 0.29) is 5.91 Å². The summed E-state index contributed by atoms with van der Waals surface area (Å²) in [6.45, 7) is 8.67. The van der Waals surface area contributed by atoms with Crippen LogP contribution >= 0.6 is 11.3 Å². The van der Waals surface area contributed by atoms with Crippen LogP contribution in [0.15, 0.2) is 10.5 Å². The Morgan fingerprint density at radius 3 is 2.90 bits per heavy atom. The number of hydrogen-bond donors (Lipinski definition) is 1. The molecule has 1 aliphatic rings. The quantitative estimate of drug-likeness (QED) is 0.865. The van der Waals surface area contributed by atoms with Gasteiger partial charge in [0.2, 0.25) is 5.91 Å². The van der Waals surface area contributed by atoms with E-state index in [1.165, 1.54) is 12.8 Å². The van der Waals surface area contributed by atoms with Crippen LogP contribution in [0.2, 0.25) is 0 Å². The average Bonchev–Trinajstić information content (AvgIpc) is 2.81. The number of thiazole rings is 1. The molecule has 21 heavy (non-hydrogen) atoms. The lowest BCUT2D eigenvalue weighted by molar-refractivity contribution is -0.120. The number of aromatic nitrogens is 1. The van der Waals surface area contributed by atoms with Gasteiger partial charge in [0.1, 0.15) is 0 Å². The Balaban J connectivity index is 1.95. The van der Waals surface area contributed by atoms with Crippen molar-refractivity contribution in [3.63, 3.8) is 0 Å². The number of nitrogens with zero attached hydrogens (tertiary/aromatic N) is 2. The molecule has 116 valence electrons. The molecule has 0 aromatic carbocycles. The maximum Gasteiger partial charge on any atom is 0.246 e. The van der Waals surface area contributed by atoms with E-state index >= 15 is 0 Å². The highest BCUT2D eigenvalue weighted by molar-refractivity contribution is 7.09. The second-order valence-corrected chi connectivity index (χ2v) is 7.47. The molecule has 1 aromatic rings. The zero-order valence-electron chi connectivity index (χ0n) is 13.3. The Labute approximate surface area is 131 Å². The van der Waals surface area contributed by atoms with Crippen LogP contribution in [-0.4, -0.2) is 16.6 Å². The van der Waals surface area contributed by atoms with Gasteiger partial charge >= 0.3 is 0 Å². The summed E-state index contributed by atoms with van der Waals surface area (Å²) < 4.78 is 0. The van der Waals surface area contributed by atoms with Crippen LogP contribution in [0, 0.1) is 24.7 Å². The first-order valence-electron chi connectivity index (χ1n) is 7.72. The number of aryl methyl sites for hydroxylation is 1. The third-order valence-corrected chi connectivity index (χ3v) is 4.92. The van der Waals surface area contributed by atoms with Gasteiger partial charge in [0, 0.05) is 17.0 Å². The van der Waals surface area contributed by atoms with Gasteiger partial charge in [-0.05, 0) is 38.0 Å². The van der Waals surface area contributed by atoms with Crippen molar-refractivity contribution in [3.05, 3.63) is 16.1 Å². The van der Waals surface area contributed by atoms with E-state index in [0.29, 0.717) is 24.2 Å². The summed E-state index contributed by atoms with van der Waals surface area (Å²) in [4.78, 5) is 16.3. The first-order chi connectivity index (χ1) is 9.95. The highest BCUT2D eigenvalue weighted by Crippen LogP contribution is 2.31. The molecule has 1 saturated carbocycles. The summed E-state index contributed by atoms with van der Waals surface area (Å²) in [7, 11) is 0. The minimum Gasteiger partial charge on any atom is -0.273 e. The van der Waals surface area contributed by atoms with Crippen molar-refractivity contribution in [1.82, 2.24) is 10.4 Å². The highest BCUT2D eigenvalue weighted by atomic mass is 32.1. The van der Waals surface area contributed by atoms with Gasteiger partial charge in [-0.25, -0.2) is 10.4 Å². The van der Waals surface area contributed by atoms with E-state index in [9.17, 15) is 4.79 Å². The lowest BCUT2D eigenvalue weighted by atomic mass is 9.76. The topological polar surface area (TPSA) is 54.4 Å². The molecule has 0 radical (unpaired) electrons. The van der Waals surface area contributed by atoms with E-state index in [4.69, 9.17) is 0 Å². The largest absolute Gasteiger partial charge is 0.273 e. The second-order valence-electron chi connectivity index (χ2n) is 6.41. The monoisotopic (exact) mass is 307 g/mol. The summed E-state index contributed by atoms with van der Waals surface area (Å²) in [6, 6.07) is 0. The zero-order valence-corrected chi connectivity index (χ0v) is 14.2. The number of nitrogens with one attached hydrogen (secondary N) is 1. The van der Waals surface area contributed by atoms with Gasteiger partial charge in [-0.2, -0.15) is 5.10 Å². The Hall–Kier alpha value is -1.23. The van der Waals surface area contributed by atoms with Crippen LogP contribution in [0.5, 0.6) is 0 Å². The molecule has 0 aliphatic heterocycles. The fraction of sp³-hybridized carbons (Fsp3) is 0.688. The molecular formula is C16H25N3OS. The molecule has 5 heteroatoms. The van der Waals surface area contributed by atoms with Gasteiger partial charge in [-0.3, -0.25) is 4.79 Å². The molecule has 1 heterocycles. The van der Waals surface area contributed by atoms with Crippen molar-refractivity contribution in [1.29, 1.82) is 0 Å². The maximum absolute atomic E-state index is 12.0. The predicted molar refractivity (Wildman–Crippen MR) is 87.5 cm³/mol. The number of amides is 1. The number of hydrazone groups is 1. The summed E-state index contributed by atoms with van der Waals surface area (Å²) in [5.74, 6) is 1.67. The lowest BCUT2D eigenvalue weighted by Gasteiger charge is -2.30. The Kier molecular flexibility index (Phi) is 5.51. The first kappa shape index (κ1) is 16.1. The van der Waals surface area contributed by atoms with Crippen LogP contribution in [-0.2, 0) is 11.2 Å². The van der Waals surface area contributed by atoms with E-state index in [0.717, 1.165) is 22.8 Å². The third-order valence-electron chi connectivity index (χ3n) is 4.09. The minimum absolute atomic E-state index is 0.0754. The van der Waals surface area contributed by atoms with Crippen molar-refractivity contribution in [2.24, 2.45) is 22.9 Å². The zero-order chi connectivity index (χ0) is 15.4. The maximum atomic E-state index is 12.0. The van der Waals surface area contributed by atoms with Gasteiger partial charge in [0.05, 0.1) is 17.1 Å². The highest BCUT2D eigenvalue weighted by Gasteiger charge is 2.27. The number of carbonyl (C=O) groups excluding carboxylic acids is 1. The van der Waals surface area contributed by atoms with Gasteiger partial charge in [0.25, 0.3) is 0 Å². The van der Waals surface area contributed by atoms with Gasteiger partial charge < -0.3 is 0 Å². The van der Waals surface area contributed by atoms with Gasteiger partial charge in [0.15, 0.2) is 0 Å². The summed E-state index contributed by atoms with van der Waals surface area (Å²) in [5.41, 5.74) is 4.71. The van der Waals surface area contributed by atoms with Gasteiger partial charge in [-0.1, -0.05) is 20.8 Å². The molecule has 0 saturated heterocycles. The van der Waals surface area contributed by atoms with Crippen LogP contribution in [0.3, 0.4) is 0 Å². The lowest BCUT2D eigenvalue weighted by Crippen LogP contribution is -2.31. The molecule has 1 aromatic heterocycles. The summed E-state index contributed by atoms with van der Waals surface area (Å²) >= 11 is 1.57. The SMILES string of the molecule is Cc1nc(CC(=O)NN=C2C[C@@H](C)CC[C@@H]2C(C)C)cs1. The standard InChI is InChI=1S/C16H25N3OS/c1-10(2)14-6-5-11(3)7-15(14)18-19-16(20)8-13-9-21-12(4)17-13/h9-11,14H,5-8H2,1-4H3,(H,19,20)/t11-,14+/m0/s1. The smallest absolute Gasteiger partial charge is 0.246 e. The third kappa shape index (κ3) is 4.63. The molecule has 1 fully saturated rings. The van der Waals surface area contributed by atoms with Crippen molar-refractivity contribution in [2.45, 2.75) is 53.4 Å². The molecule has 1 aliphatic carbocycles. The number of carbonyl (C=O) groups is 1. The molecule has 1 amide bonds. The average molecular weight is 307 g/mol. The molecule has 2 atom stereocenters. The van der Waals surface area contributed by atoms with Crippen LogP contribution in [0.1, 0.15) is 50.7 Å². The number of rotatable bonds is 4. The Bertz CT molecular complexity index is 521. The first-order valence-corrected chi connectivity index (χ1v) is 8.60. The minimum atomic E-state index is -0.0754. The second kappa shape index (κ2) is 7.16. The molecule has 0 bridgehead atoms. The van der Waals surface area contributed by atoms with Crippen LogP contribution < -0.4 is 5.43 Å². The fourth-order valence-corrected chi connectivity index (χ4v) is 3.53. The molecule has 1 N–H and O–H groups in total. The summed E-state index contributed by atoms with van der Waals surface area (Å²) in [6.07, 6.45) is 3.74. The van der Waals surface area contributed by atoms with Crippen molar-refractivity contribution in [3.8, 4) is 0 Å². The summed E-state index contributed by atoms with van der Waals surface area (Å²) in [5, 5.41) is 7.35. The predicted octanol–water partition coefficient (Wildman–Crippen LogP) is 3.56. The van der Waals surface area contributed by atoms with E-state index in [1.54, 1.807) is 11.3 Å².